The van der Waals surface area contributed by atoms with Crippen molar-refractivity contribution in [3.63, 3.8) is 0 Å². The van der Waals surface area contributed by atoms with Crippen LogP contribution in [0.5, 0.6) is 0 Å². The van der Waals surface area contributed by atoms with Crippen LogP contribution in [0.4, 0.5) is 0 Å². The lowest BCUT2D eigenvalue weighted by Gasteiger charge is -2.26. The maximum absolute atomic E-state index is 10.0. The van der Waals surface area contributed by atoms with Gasteiger partial charge in [-0.15, -0.1) is 0 Å². The number of hydrogen-bond donors (Lipinski definition) is 1. The van der Waals surface area contributed by atoms with E-state index in [4.69, 9.17) is 4.74 Å². The molecular formula is C16H24O2. The zero-order chi connectivity index (χ0) is 12.8. The summed E-state index contributed by atoms with van der Waals surface area (Å²) in [7, 11) is 0. The normalized spacial score (nSPS) is 25.9. The largest absolute Gasteiger partial charge is 0.388 e. The summed E-state index contributed by atoms with van der Waals surface area (Å²) in [6.45, 7) is 2.98. The second-order valence-corrected chi connectivity index (χ2v) is 5.47. The molecule has 2 heteroatoms. The number of hydrogen-bond acceptors (Lipinski definition) is 2. The van der Waals surface area contributed by atoms with Crippen molar-refractivity contribution in [2.75, 3.05) is 6.61 Å². The van der Waals surface area contributed by atoms with Gasteiger partial charge in [0.2, 0.25) is 0 Å². The quantitative estimate of drug-likeness (QED) is 0.861. The van der Waals surface area contributed by atoms with Crippen LogP contribution in [0.15, 0.2) is 30.3 Å². The fourth-order valence-corrected chi connectivity index (χ4v) is 2.58. The molecule has 0 radical (unpaired) electrons. The van der Waals surface area contributed by atoms with Crippen LogP contribution >= 0.6 is 0 Å². The molecule has 0 amide bonds. The van der Waals surface area contributed by atoms with E-state index in [2.05, 4.69) is 6.92 Å². The molecule has 1 aliphatic rings. The molecule has 0 bridgehead atoms. The Morgan fingerprint density at radius 3 is 2.50 bits per heavy atom. The minimum Gasteiger partial charge on any atom is -0.388 e. The van der Waals surface area contributed by atoms with Gasteiger partial charge in [-0.25, -0.2) is 0 Å². The van der Waals surface area contributed by atoms with Gasteiger partial charge in [0, 0.05) is 13.0 Å². The summed E-state index contributed by atoms with van der Waals surface area (Å²) in [6.07, 6.45) is 5.65. The maximum atomic E-state index is 10.0. The van der Waals surface area contributed by atoms with Crippen LogP contribution in [-0.4, -0.2) is 17.8 Å². The number of aliphatic hydroxyl groups is 1. The average Bonchev–Trinajstić information content (AvgIpc) is 2.42. The summed E-state index contributed by atoms with van der Waals surface area (Å²) in [4.78, 5) is 0. The Bertz CT molecular complexity index is 328. The van der Waals surface area contributed by atoms with E-state index in [0.29, 0.717) is 19.1 Å². The Hall–Kier alpha value is -0.860. The Morgan fingerprint density at radius 1 is 1.17 bits per heavy atom. The second kappa shape index (κ2) is 6.91. The number of ether oxygens (including phenoxy) is 1. The van der Waals surface area contributed by atoms with Crippen LogP contribution in [-0.2, 0) is 4.74 Å². The molecule has 100 valence electrons. The standard InChI is InChI=1S/C16H24O2/c1-13-7-9-15(10-8-13)18-12-11-16(17)14-5-3-2-4-6-14/h2-6,13,15-17H,7-12H2,1H3. The van der Waals surface area contributed by atoms with E-state index in [-0.39, 0.29) is 0 Å². The molecule has 2 nitrogen and oxygen atoms in total. The highest BCUT2D eigenvalue weighted by Crippen LogP contribution is 2.26. The minimum atomic E-state index is -0.395. The molecule has 1 fully saturated rings. The van der Waals surface area contributed by atoms with Gasteiger partial charge >= 0.3 is 0 Å². The molecule has 0 heterocycles. The first-order valence-electron chi connectivity index (χ1n) is 7.10. The fraction of sp³-hybridized carbons (Fsp3) is 0.625. The molecule has 1 atom stereocenters. The van der Waals surface area contributed by atoms with Crippen LogP contribution in [0.2, 0.25) is 0 Å². The third-order valence-corrected chi connectivity index (χ3v) is 3.89. The van der Waals surface area contributed by atoms with Crippen molar-refractivity contribution < 1.29 is 9.84 Å². The van der Waals surface area contributed by atoms with Crippen LogP contribution in [0.25, 0.3) is 0 Å². The van der Waals surface area contributed by atoms with Crippen molar-refractivity contribution in [2.45, 2.75) is 51.2 Å². The molecule has 1 unspecified atom stereocenters. The van der Waals surface area contributed by atoms with Crippen molar-refractivity contribution in [2.24, 2.45) is 5.92 Å². The second-order valence-electron chi connectivity index (χ2n) is 5.47. The highest BCUT2D eigenvalue weighted by molar-refractivity contribution is 5.16. The van der Waals surface area contributed by atoms with Gasteiger partial charge in [-0.3, -0.25) is 0 Å². The summed E-state index contributed by atoms with van der Waals surface area (Å²) < 4.78 is 5.86. The molecule has 1 saturated carbocycles. The predicted molar refractivity (Wildman–Crippen MR) is 73.4 cm³/mol. The number of rotatable bonds is 5. The molecule has 18 heavy (non-hydrogen) atoms. The molecule has 1 aromatic rings. The summed E-state index contributed by atoms with van der Waals surface area (Å²) in [5.74, 6) is 0.861. The van der Waals surface area contributed by atoms with Gasteiger partial charge in [-0.1, -0.05) is 37.3 Å². The first-order valence-corrected chi connectivity index (χ1v) is 7.10. The Labute approximate surface area is 110 Å². The SMILES string of the molecule is CC1CCC(OCCC(O)c2ccccc2)CC1. The third kappa shape index (κ3) is 4.11. The van der Waals surface area contributed by atoms with Gasteiger partial charge in [0.05, 0.1) is 12.2 Å². The zero-order valence-corrected chi connectivity index (χ0v) is 11.2. The molecule has 0 spiro atoms. The molecule has 2 rings (SSSR count). The monoisotopic (exact) mass is 248 g/mol. The van der Waals surface area contributed by atoms with E-state index in [0.717, 1.165) is 11.5 Å². The highest BCUT2D eigenvalue weighted by atomic mass is 16.5. The van der Waals surface area contributed by atoms with E-state index in [1.807, 2.05) is 30.3 Å². The van der Waals surface area contributed by atoms with Crippen LogP contribution in [0.3, 0.4) is 0 Å². The molecular weight excluding hydrogens is 224 g/mol. The van der Waals surface area contributed by atoms with Crippen molar-refractivity contribution in [1.29, 1.82) is 0 Å². The van der Waals surface area contributed by atoms with E-state index in [1.165, 1.54) is 25.7 Å². The predicted octanol–water partition coefficient (Wildman–Crippen LogP) is 3.71. The Kier molecular flexibility index (Phi) is 5.21. The number of benzene rings is 1. The lowest BCUT2D eigenvalue weighted by atomic mass is 9.89. The molecule has 1 aromatic carbocycles. The van der Waals surface area contributed by atoms with Crippen molar-refractivity contribution in [1.82, 2.24) is 0 Å². The van der Waals surface area contributed by atoms with Gasteiger partial charge in [0.1, 0.15) is 0 Å². The Balaban J connectivity index is 1.66. The van der Waals surface area contributed by atoms with Crippen molar-refractivity contribution >= 4 is 0 Å². The maximum Gasteiger partial charge on any atom is 0.0812 e. The first kappa shape index (κ1) is 13.6. The summed E-state index contributed by atoms with van der Waals surface area (Å²) >= 11 is 0. The third-order valence-electron chi connectivity index (χ3n) is 3.89. The van der Waals surface area contributed by atoms with E-state index in [9.17, 15) is 5.11 Å². The minimum absolute atomic E-state index is 0.395. The number of aliphatic hydroxyl groups excluding tert-OH is 1. The topological polar surface area (TPSA) is 29.5 Å². The van der Waals surface area contributed by atoms with Crippen molar-refractivity contribution in [3.05, 3.63) is 35.9 Å². The first-order chi connectivity index (χ1) is 8.75. The van der Waals surface area contributed by atoms with Gasteiger partial charge in [0.15, 0.2) is 0 Å². The average molecular weight is 248 g/mol. The van der Waals surface area contributed by atoms with Gasteiger partial charge < -0.3 is 9.84 Å². The molecule has 1 N–H and O–H groups in total. The van der Waals surface area contributed by atoms with Gasteiger partial charge in [0.25, 0.3) is 0 Å². The zero-order valence-electron chi connectivity index (χ0n) is 11.2. The highest BCUT2D eigenvalue weighted by Gasteiger charge is 2.18. The van der Waals surface area contributed by atoms with E-state index < -0.39 is 6.10 Å². The molecule has 0 aliphatic heterocycles. The fourth-order valence-electron chi connectivity index (χ4n) is 2.58. The Morgan fingerprint density at radius 2 is 1.83 bits per heavy atom. The summed E-state index contributed by atoms with van der Waals surface area (Å²) in [5, 5.41) is 10.0. The summed E-state index contributed by atoms with van der Waals surface area (Å²) in [6, 6.07) is 9.82. The van der Waals surface area contributed by atoms with Crippen LogP contribution in [0.1, 0.15) is 50.7 Å². The lowest BCUT2D eigenvalue weighted by molar-refractivity contribution is 0.00234. The van der Waals surface area contributed by atoms with E-state index in [1.54, 1.807) is 0 Å². The smallest absolute Gasteiger partial charge is 0.0812 e. The van der Waals surface area contributed by atoms with Gasteiger partial charge in [-0.05, 0) is 37.2 Å². The van der Waals surface area contributed by atoms with Gasteiger partial charge in [-0.2, -0.15) is 0 Å². The van der Waals surface area contributed by atoms with Crippen LogP contribution < -0.4 is 0 Å². The molecule has 1 aliphatic carbocycles. The lowest BCUT2D eigenvalue weighted by Crippen LogP contribution is -2.21. The molecule has 0 aromatic heterocycles. The molecule has 0 saturated heterocycles. The van der Waals surface area contributed by atoms with E-state index >= 15 is 0 Å². The summed E-state index contributed by atoms with van der Waals surface area (Å²) in [5.41, 5.74) is 0.985. The van der Waals surface area contributed by atoms with Crippen LogP contribution in [0, 0.1) is 5.92 Å². The van der Waals surface area contributed by atoms with Crippen molar-refractivity contribution in [3.8, 4) is 0 Å².